The SMILES string of the molecule is OC(CCS)C(O)c1cccc(OC(F)(F)C(F)F)c1. The number of hydrogen-bond donors (Lipinski definition) is 3. The van der Waals surface area contributed by atoms with E-state index in [1.165, 1.54) is 12.1 Å². The zero-order valence-corrected chi connectivity index (χ0v) is 11.1. The highest BCUT2D eigenvalue weighted by molar-refractivity contribution is 7.80. The molecule has 2 atom stereocenters. The van der Waals surface area contributed by atoms with Gasteiger partial charge in [0.2, 0.25) is 0 Å². The fourth-order valence-corrected chi connectivity index (χ4v) is 1.74. The first kappa shape index (κ1) is 17.1. The van der Waals surface area contributed by atoms with Crippen LogP contribution in [0.4, 0.5) is 17.6 Å². The molecule has 0 amide bonds. The topological polar surface area (TPSA) is 49.7 Å². The van der Waals surface area contributed by atoms with Gasteiger partial charge in [-0.15, -0.1) is 0 Å². The van der Waals surface area contributed by atoms with Crippen molar-refractivity contribution in [1.29, 1.82) is 0 Å². The van der Waals surface area contributed by atoms with Gasteiger partial charge in [0.15, 0.2) is 0 Å². The van der Waals surface area contributed by atoms with E-state index in [-0.39, 0.29) is 12.0 Å². The van der Waals surface area contributed by atoms with Crippen LogP contribution in [0.15, 0.2) is 24.3 Å². The minimum absolute atomic E-state index is 0.0850. The predicted molar refractivity (Wildman–Crippen MR) is 67.5 cm³/mol. The third-order valence-corrected chi connectivity index (χ3v) is 2.76. The molecule has 0 radical (unpaired) electrons. The summed E-state index contributed by atoms with van der Waals surface area (Å²) < 4.78 is 53.4. The van der Waals surface area contributed by atoms with Gasteiger partial charge < -0.3 is 14.9 Å². The normalized spacial score (nSPS) is 15.2. The van der Waals surface area contributed by atoms with E-state index in [0.717, 1.165) is 12.1 Å². The fraction of sp³-hybridized carbons (Fsp3) is 0.500. The van der Waals surface area contributed by atoms with Crippen molar-refractivity contribution in [2.75, 3.05) is 5.75 Å². The lowest BCUT2D eigenvalue weighted by Gasteiger charge is -2.20. The van der Waals surface area contributed by atoms with Crippen molar-refractivity contribution >= 4 is 12.6 Å². The van der Waals surface area contributed by atoms with E-state index in [1.807, 2.05) is 0 Å². The molecule has 0 saturated carbocycles. The summed E-state index contributed by atoms with van der Waals surface area (Å²) in [5, 5.41) is 19.4. The molecule has 114 valence electrons. The molecular weight excluding hydrogens is 300 g/mol. The third-order valence-electron chi connectivity index (χ3n) is 2.50. The van der Waals surface area contributed by atoms with Crippen LogP contribution >= 0.6 is 12.6 Å². The van der Waals surface area contributed by atoms with Crippen molar-refractivity contribution in [2.24, 2.45) is 0 Å². The highest BCUT2D eigenvalue weighted by atomic mass is 32.1. The monoisotopic (exact) mass is 314 g/mol. The molecule has 0 spiro atoms. The van der Waals surface area contributed by atoms with Gasteiger partial charge in [0.05, 0.1) is 6.10 Å². The number of hydrogen-bond acceptors (Lipinski definition) is 4. The fourth-order valence-electron chi connectivity index (χ4n) is 1.48. The van der Waals surface area contributed by atoms with Gasteiger partial charge >= 0.3 is 12.5 Å². The number of ether oxygens (including phenoxy) is 1. The summed E-state index contributed by atoms with van der Waals surface area (Å²) in [6, 6.07) is 4.64. The summed E-state index contributed by atoms with van der Waals surface area (Å²) in [4.78, 5) is 0. The zero-order chi connectivity index (χ0) is 15.3. The van der Waals surface area contributed by atoms with E-state index >= 15 is 0 Å². The molecular formula is C12H14F4O3S. The molecule has 0 saturated heterocycles. The van der Waals surface area contributed by atoms with Crippen LogP contribution < -0.4 is 4.74 Å². The predicted octanol–water partition coefficient (Wildman–Crippen LogP) is 2.64. The average Bonchev–Trinajstić information content (AvgIpc) is 2.37. The first-order chi connectivity index (χ1) is 9.27. The molecule has 1 rings (SSSR count). The Morgan fingerprint density at radius 3 is 2.45 bits per heavy atom. The van der Waals surface area contributed by atoms with E-state index in [9.17, 15) is 27.8 Å². The molecule has 3 nitrogen and oxygen atoms in total. The van der Waals surface area contributed by atoms with Crippen molar-refractivity contribution in [1.82, 2.24) is 0 Å². The van der Waals surface area contributed by atoms with Gasteiger partial charge in [-0.05, 0) is 29.9 Å². The Balaban J connectivity index is 2.85. The summed E-state index contributed by atoms with van der Waals surface area (Å²) in [7, 11) is 0. The molecule has 0 heterocycles. The average molecular weight is 314 g/mol. The van der Waals surface area contributed by atoms with Crippen LogP contribution in [0, 0.1) is 0 Å². The highest BCUT2D eigenvalue weighted by Gasteiger charge is 2.44. The molecule has 0 bridgehead atoms. The van der Waals surface area contributed by atoms with Gasteiger partial charge in [-0.1, -0.05) is 12.1 Å². The summed E-state index contributed by atoms with van der Waals surface area (Å²) in [6.45, 7) is 0. The summed E-state index contributed by atoms with van der Waals surface area (Å²) >= 11 is 3.89. The molecule has 2 N–H and O–H groups in total. The summed E-state index contributed by atoms with van der Waals surface area (Å²) in [5.41, 5.74) is 0.0850. The molecule has 0 aliphatic carbocycles. The van der Waals surface area contributed by atoms with Crippen molar-refractivity contribution in [3.63, 3.8) is 0 Å². The highest BCUT2D eigenvalue weighted by Crippen LogP contribution is 2.29. The maximum atomic E-state index is 12.8. The second-order valence-electron chi connectivity index (χ2n) is 4.06. The van der Waals surface area contributed by atoms with Gasteiger partial charge in [0.25, 0.3) is 0 Å². The maximum absolute atomic E-state index is 12.8. The quantitative estimate of drug-likeness (QED) is 0.536. The standard InChI is InChI=1S/C12H14F4O3S/c13-11(14)12(15,16)19-8-3-1-2-7(6-8)10(18)9(17)4-5-20/h1-3,6,9-11,17-18,20H,4-5H2. The molecule has 0 aliphatic rings. The van der Waals surface area contributed by atoms with Crippen molar-refractivity contribution < 1.29 is 32.5 Å². The van der Waals surface area contributed by atoms with Crippen molar-refractivity contribution in [3.05, 3.63) is 29.8 Å². The Hall–Kier alpha value is -0.990. The summed E-state index contributed by atoms with van der Waals surface area (Å²) in [5.74, 6) is -0.206. The molecule has 0 fully saturated rings. The lowest BCUT2D eigenvalue weighted by Crippen LogP contribution is -2.33. The molecule has 8 heteroatoms. The van der Waals surface area contributed by atoms with Gasteiger partial charge in [0.1, 0.15) is 11.9 Å². The number of aliphatic hydroxyl groups is 2. The lowest BCUT2D eigenvalue weighted by molar-refractivity contribution is -0.253. The van der Waals surface area contributed by atoms with E-state index in [4.69, 9.17) is 0 Å². The Labute approximate surface area is 118 Å². The van der Waals surface area contributed by atoms with E-state index < -0.39 is 30.5 Å². The van der Waals surface area contributed by atoms with E-state index in [2.05, 4.69) is 17.4 Å². The van der Waals surface area contributed by atoms with Crippen LogP contribution in [0.2, 0.25) is 0 Å². The second-order valence-corrected chi connectivity index (χ2v) is 4.51. The van der Waals surface area contributed by atoms with E-state index in [0.29, 0.717) is 5.75 Å². The maximum Gasteiger partial charge on any atom is 0.461 e. The third kappa shape index (κ3) is 4.53. The summed E-state index contributed by atoms with van der Waals surface area (Å²) in [6.07, 6.45) is -10.9. The van der Waals surface area contributed by atoms with Gasteiger partial charge in [-0.25, -0.2) is 0 Å². The second kappa shape index (κ2) is 7.14. The molecule has 1 aromatic rings. The minimum Gasteiger partial charge on any atom is -0.428 e. The zero-order valence-electron chi connectivity index (χ0n) is 10.2. The van der Waals surface area contributed by atoms with Gasteiger partial charge in [-0.2, -0.15) is 30.2 Å². The smallest absolute Gasteiger partial charge is 0.428 e. The first-order valence-electron chi connectivity index (χ1n) is 5.70. The van der Waals surface area contributed by atoms with Crippen LogP contribution in [0.1, 0.15) is 18.1 Å². The van der Waals surface area contributed by atoms with Crippen LogP contribution in [0.25, 0.3) is 0 Å². The Kier molecular flexibility index (Phi) is 6.09. The van der Waals surface area contributed by atoms with Crippen LogP contribution in [-0.4, -0.2) is 34.6 Å². The van der Waals surface area contributed by atoms with E-state index in [1.54, 1.807) is 0 Å². The van der Waals surface area contributed by atoms with Crippen molar-refractivity contribution in [2.45, 2.75) is 31.2 Å². The van der Waals surface area contributed by atoms with Gasteiger partial charge in [0, 0.05) is 0 Å². The Bertz CT molecular complexity index is 431. The molecule has 1 aromatic carbocycles. The molecule has 0 aromatic heterocycles. The number of halogens is 4. The van der Waals surface area contributed by atoms with Crippen LogP contribution in [0.5, 0.6) is 5.75 Å². The van der Waals surface area contributed by atoms with Crippen LogP contribution in [-0.2, 0) is 0 Å². The Morgan fingerprint density at radius 2 is 1.90 bits per heavy atom. The first-order valence-corrected chi connectivity index (χ1v) is 6.33. The van der Waals surface area contributed by atoms with Gasteiger partial charge in [-0.3, -0.25) is 0 Å². The minimum atomic E-state index is -4.62. The van der Waals surface area contributed by atoms with Crippen LogP contribution in [0.3, 0.4) is 0 Å². The number of benzene rings is 1. The largest absolute Gasteiger partial charge is 0.461 e. The molecule has 0 aliphatic heterocycles. The lowest BCUT2D eigenvalue weighted by atomic mass is 10.0. The molecule has 2 unspecified atom stereocenters. The Morgan fingerprint density at radius 1 is 1.25 bits per heavy atom. The number of thiol groups is 1. The number of rotatable bonds is 7. The number of aliphatic hydroxyl groups excluding tert-OH is 2. The van der Waals surface area contributed by atoms with Crippen molar-refractivity contribution in [3.8, 4) is 5.75 Å². The number of alkyl halides is 4. The molecule has 20 heavy (non-hydrogen) atoms.